The Bertz CT molecular complexity index is 208. The summed E-state index contributed by atoms with van der Waals surface area (Å²) in [6, 6.07) is 1.65. The summed E-state index contributed by atoms with van der Waals surface area (Å²) in [5.41, 5.74) is 0. The average Bonchev–Trinajstić information content (AvgIpc) is 2.52. The zero-order valence-corrected chi connectivity index (χ0v) is 15.0. The highest BCUT2D eigenvalue weighted by Crippen LogP contribution is 2.20. The maximum Gasteiger partial charge on any atom is 0.00696 e. The first kappa shape index (κ1) is 19.0. The van der Waals surface area contributed by atoms with Crippen LogP contribution in [0.5, 0.6) is 0 Å². The van der Waals surface area contributed by atoms with Gasteiger partial charge < -0.3 is 5.32 Å². The first-order valence-electron chi connectivity index (χ1n) is 10.1. The van der Waals surface area contributed by atoms with Crippen LogP contribution in [0.25, 0.3) is 0 Å². The molecule has 1 nitrogen and oxygen atoms in total. The van der Waals surface area contributed by atoms with Gasteiger partial charge in [-0.15, -0.1) is 0 Å². The van der Waals surface area contributed by atoms with Gasteiger partial charge in [-0.2, -0.15) is 0 Å². The summed E-state index contributed by atoms with van der Waals surface area (Å²) < 4.78 is 0. The van der Waals surface area contributed by atoms with E-state index in [0.29, 0.717) is 0 Å². The maximum absolute atomic E-state index is 4.02. The molecule has 1 aliphatic rings. The van der Waals surface area contributed by atoms with Crippen molar-refractivity contribution in [2.75, 3.05) is 0 Å². The van der Waals surface area contributed by atoms with Crippen LogP contribution in [0.2, 0.25) is 0 Å². The van der Waals surface area contributed by atoms with Crippen LogP contribution >= 0.6 is 0 Å². The Kier molecular flexibility index (Phi) is 12.3. The summed E-state index contributed by atoms with van der Waals surface area (Å²) in [5, 5.41) is 4.02. The minimum atomic E-state index is 0.812. The molecule has 0 bridgehead atoms. The number of unbranched alkanes of at least 4 members (excludes halogenated alkanes) is 7. The first-order valence-corrected chi connectivity index (χ1v) is 10.1. The molecular formula is C20H41N. The molecule has 0 radical (unpaired) electrons. The van der Waals surface area contributed by atoms with E-state index in [9.17, 15) is 0 Å². The normalized spacial score (nSPS) is 18.0. The Labute approximate surface area is 134 Å². The van der Waals surface area contributed by atoms with Gasteiger partial charge >= 0.3 is 0 Å². The minimum Gasteiger partial charge on any atom is -0.311 e. The zero-order chi connectivity index (χ0) is 15.2. The van der Waals surface area contributed by atoms with Crippen molar-refractivity contribution in [2.45, 2.75) is 129 Å². The molecule has 0 aliphatic heterocycles. The van der Waals surface area contributed by atoms with Gasteiger partial charge in [-0.1, -0.05) is 90.9 Å². The van der Waals surface area contributed by atoms with E-state index in [1.807, 2.05) is 0 Å². The molecule has 1 fully saturated rings. The van der Waals surface area contributed by atoms with E-state index >= 15 is 0 Å². The fourth-order valence-electron chi connectivity index (χ4n) is 3.73. The Morgan fingerprint density at radius 1 is 0.714 bits per heavy atom. The monoisotopic (exact) mass is 295 g/mol. The number of rotatable bonds is 13. The number of hydrogen-bond acceptors (Lipinski definition) is 1. The van der Waals surface area contributed by atoms with E-state index < -0.39 is 0 Å². The van der Waals surface area contributed by atoms with E-state index in [-0.39, 0.29) is 0 Å². The van der Waals surface area contributed by atoms with Gasteiger partial charge in [0.05, 0.1) is 0 Å². The van der Waals surface area contributed by atoms with Crippen LogP contribution in [0.15, 0.2) is 0 Å². The molecule has 1 saturated carbocycles. The van der Waals surface area contributed by atoms with Gasteiger partial charge in [-0.05, 0) is 25.7 Å². The highest BCUT2D eigenvalue weighted by atomic mass is 14.9. The second-order valence-electron chi connectivity index (χ2n) is 7.25. The second-order valence-corrected chi connectivity index (χ2v) is 7.25. The van der Waals surface area contributed by atoms with Gasteiger partial charge in [0, 0.05) is 12.1 Å². The van der Waals surface area contributed by atoms with Crippen molar-refractivity contribution in [1.82, 2.24) is 5.32 Å². The SMILES string of the molecule is CCCCCCCC(CCCCCC)NC1CCCCC1. The molecule has 0 amide bonds. The summed E-state index contributed by atoms with van der Waals surface area (Å²) in [4.78, 5) is 0. The molecule has 1 heteroatoms. The van der Waals surface area contributed by atoms with Crippen LogP contribution in [0.3, 0.4) is 0 Å². The fourth-order valence-corrected chi connectivity index (χ4v) is 3.73. The van der Waals surface area contributed by atoms with Crippen molar-refractivity contribution in [1.29, 1.82) is 0 Å². The van der Waals surface area contributed by atoms with E-state index in [1.54, 1.807) is 0 Å². The van der Waals surface area contributed by atoms with Gasteiger partial charge in [0.2, 0.25) is 0 Å². The molecule has 21 heavy (non-hydrogen) atoms. The van der Waals surface area contributed by atoms with Crippen LogP contribution in [0.1, 0.15) is 117 Å². The van der Waals surface area contributed by atoms with Crippen molar-refractivity contribution in [2.24, 2.45) is 0 Å². The van der Waals surface area contributed by atoms with Crippen LogP contribution in [0, 0.1) is 0 Å². The van der Waals surface area contributed by atoms with Gasteiger partial charge in [-0.25, -0.2) is 0 Å². The van der Waals surface area contributed by atoms with E-state index in [0.717, 1.165) is 12.1 Å². The molecule has 0 aromatic rings. The lowest BCUT2D eigenvalue weighted by molar-refractivity contribution is 0.308. The van der Waals surface area contributed by atoms with Gasteiger partial charge in [0.15, 0.2) is 0 Å². The third-order valence-corrected chi connectivity index (χ3v) is 5.14. The highest BCUT2D eigenvalue weighted by Gasteiger charge is 2.17. The van der Waals surface area contributed by atoms with Crippen molar-refractivity contribution in [3.05, 3.63) is 0 Å². The third-order valence-electron chi connectivity index (χ3n) is 5.14. The molecule has 0 spiro atoms. The predicted octanol–water partition coefficient (Wildman–Crippen LogP) is 6.61. The molecule has 0 aromatic carbocycles. The van der Waals surface area contributed by atoms with Crippen molar-refractivity contribution in [3.63, 3.8) is 0 Å². The summed E-state index contributed by atoms with van der Waals surface area (Å²) in [6.45, 7) is 4.62. The van der Waals surface area contributed by atoms with Crippen molar-refractivity contribution >= 4 is 0 Å². The van der Waals surface area contributed by atoms with Crippen LogP contribution in [0.4, 0.5) is 0 Å². The quantitative estimate of drug-likeness (QED) is 0.377. The smallest absolute Gasteiger partial charge is 0.00696 e. The van der Waals surface area contributed by atoms with Crippen LogP contribution in [-0.4, -0.2) is 12.1 Å². The first-order chi connectivity index (χ1) is 10.4. The minimum absolute atomic E-state index is 0.812. The molecule has 1 unspecified atom stereocenters. The molecule has 1 aliphatic carbocycles. The fraction of sp³-hybridized carbons (Fsp3) is 1.00. The third kappa shape index (κ3) is 10.3. The van der Waals surface area contributed by atoms with Crippen LogP contribution < -0.4 is 5.32 Å². The van der Waals surface area contributed by atoms with Crippen molar-refractivity contribution < 1.29 is 0 Å². The molecule has 1 N–H and O–H groups in total. The zero-order valence-electron chi connectivity index (χ0n) is 15.0. The average molecular weight is 296 g/mol. The van der Waals surface area contributed by atoms with Gasteiger partial charge in [0.1, 0.15) is 0 Å². The summed E-state index contributed by atoms with van der Waals surface area (Å²) in [5.74, 6) is 0. The van der Waals surface area contributed by atoms with E-state index in [4.69, 9.17) is 0 Å². The van der Waals surface area contributed by atoms with E-state index in [1.165, 1.54) is 103 Å². The Hall–Kier alpha value is -0.0400. The van der Waals surface area contributed by atoms with Crippen LogP contribution in [-0.2, 0) is 0 Å². The molecule has 0 aromatic heterocycles. The number of hydrogen-bond donors (Lipinski definition) is 1. The Balaban J connectivity index is 2.19. The Morgan fingerprint density at radius 2 is 1.24 bits per heavy atom. The lowest BCUT2D eigenvalue weighted by Crippen LogP contribution is -2.39. The largest absolute Gasteiger partial charge is 0.311 e. The lowest BCUT2D eigenvalue weighted by Gasteiger charge is -2.29. The highest BCUT2D eigenvalue weighted by molar-refractivity contribution is 4.77. The molecule has 0 heterocycles. The van der Waals surface area contributed by atoms with Crippen molar-refractivity contribution in [3.8, 4) is 0 Å². The predicted molar refractivity (Wildman–Crippen MR) is 95.9 cm³/mol. The second kappa shape index (κ2) is 13.6. The molecular weight excluding hydrogens is 254 g/mol. The number of nitrogens with one attached hydrogen (secondary N) is 1. The van der Waals surface area contributed by atoms with E-state index in [2.05, 4.69) is 19.2 Å². The standard InChI is InChI=1S/C20H41N/c1-3-5-7-9-12-16-19(15-11-8-6-4-2)21-20-17-13-10-14-18-20/h19-21H,3-18H2,1-2H3. The van der Waals surface area contributed by atoms with Gasteiger partial charge in [-0.3, -0.25) is 0 Å². The Morgan fingerprint density at radius 3 is 1.81 bits per heavy atom. The molecule has 1 atom stereocenters. The molecule has 0 saturated heterocycles. The summed E-state index contributed by atoms with van der Waals surface area (Å²) in [6.07, 6.45) is 22.9. The topological polar surface area (TPSA) is 12.0 Å². The summed E-state index contributed by atoms with van der Waals surface area (Å²) >= 11 is 0. The summed E-state index contributed by atoms with van der Waals surface area (Å²) in [7, 11) is 0. The lowest BCUT2D eigenvalue weighted by atomic mass is 9.93. The van der Waals surface area contributed by atoms with Gasteiger partial charge in [0.25, 0.3) is 0 Å². The molecule has 1 rings (SSSR count). The molecule has 126 valence electrons. The maximum atomic E-state index is 4.02.